The summed E-state index contributed by atoms with van der Waals surface area (Å²) < 4.78 is 40.1. The SMILES string of the molecule is CC[C@@H](C(=O)NC1CCCCC1)N(Cc1ccc(Cl)c(Cl)c1)C(=O)CN(c1ccc(Cl)cc1)S(=O)(=O)c1ccc(OC)c(OC)c1. The second kappa shape index (κ2) is 16.1. The van der Waals surface area contributed by atoms with Gasteiger partial charge in [0.2, 0.25) is 11.8 Å². The van der Waals surface area contributed by atoms with E-state index in [1.165, 1.54) is 49.5 Å². The molecular formula is C33H38Cl3N3O6S. The number of carbonyl (C=O) groups excluding carboxylic acids is 2. The number of nitrogens with one attached hydrogen (secondary N) is 1. The Morgan fingerprint density at radius 3 is 2.17 bits per heavy atom. The lowest BCUT2D eigenvalue weighted by atomic mass is 9.95. The lowest BCUT2D eigenvalue weighted by Crippen LogP contribution is -2.54. The summed E-state index contributed by atoms with van der Waals surface area (Å²) in [5.41, 5.74) is 0.842. The highest BCUT2D eigenvalue weighted by Gasteiger charge is 2.35. The molecule has 0 aliphatic heterocycles. The molecule has 0 aromatic heterocycles. The van der Waals surface area contributed by atoms with Gasteiger partial charge in [-0.15, -0.1) is 0 Å². The molecule has 0 unspecified atom stereocenters. The van der Waals surface area contributed by atoms with Crippen LogP contribution in [0.3, 0.4) is 0 Å². The molecule has 9 nitrogen and oxygen atoms in total. The lowest BCUT2D eigenvalue weighted by molar-refractivity contribution is -0.140. The first-order valence-corrected chi connectivity index (χ1v) is 17.6. The van der Waals surface area contributed by atoms with Crippen molar-refractivity contribution in [2.75, 3.05) is 25.1 Å². The monoisotopic (exact) mass is 709 g/mol. The minimum absolute atomic E-state index is 0.00280. The fourth-order valence-corrected chi connectivity index (χ4v) is 7.42. The summed E-state index contributed by atoms with van der Waals surface area (Å²) in [4.78, 5) is 29.4. The Bertz CT molecular complexity index is 1630. The number of methoxy groups -OCH3 is 2. The van der Waals surface area contributed by atoms with Crippen LogP contribution in [-0.2, 0) is 26.2 Å². The van der Waals surface area contributed by atoms with Crippen LogP contribution >= 0.6 is 34.8 Å². The topological polar surface area (TPSA) is 105 Å². The predicted molar refractivity (Wildman–Crippen MR) is 182 cm³/mol. The van der Waals surface area contributed by atoms with Crippen LogP contribution in [0.1, 0.15) is 51.0 Å². The van der Waals surface area contributed by atoms with Crippen molar-refractivity contribution < 1.29 is 27.5 Å². The number of ether oxygens (including phenoxy) is 2. The molecule has 3 aromatic carbocycles. The summed E-state index contributed by atoms with van der Waals surface area (Å²) in [5, 5.41) is 4.17. The molecule has 1 aliphatic carbocycles. The number of hydrogen-bond donors (Lipinski definition) is 1. The number of sulfonamides is 1. The molecule has 0 bridgehead atoms. The predicted octanol–water partition coefficient (Wildman–Crippen LogP) is 7.12. The number of anilines is 1. The van der Waals surface area contributed by atoms with E-state index in [4.69, 9.17) is 44.3 Å². The van der Waals surface area contributed by atoms with E-state index in [9.17, 15) is 18.0 Å². The first-order chi connectivity index (χ1) is 22.0. The van der Waals surface area contributed by atoms with Crippen molar-refractivity contribution in [2.45, 2.75) is 69.0 Å². The number of nitrogens with zero attached hydrogens (tertiary/aromatic N) is 2. The molecule has 1 saturated carbocycles. The van der Waals surface area contributed by atoms with Crippen molar-refractivity contribution in [2.24, 2.45) is 0 Å². The Labute approximate surface area is 285 Å². The summed E-state index contributed by atoms with van der Waals surface area (Å²) in [6, 6.07) is 14.4. The molecule has 2 amide bonds. The summed E-state index contributed by atoms with van der Waals surface area (Å²) >= 11 is 18.6. The van der Waals surface area contributed by atoms with Gasteiger partial charge in [-0.25, -0.2) is 8.42 Å². The molecule has 0 heterocycles. The van der Waals surface area contributed by atoms with Gasteiger partial charge >= 0.3 is 0 Å². The van der Waals surface area contributed by atoms with E-state index in [2.05, 4.69) is 5.32 Å². The second-order valence-corrected chi connectivity index (χ2v) is 14.2. The smallest absolute Gasteiger partial charge is 0.264 e. The lowest BCUT2D eigenvalue weighted by Gasteiger charge is -2.34. The molecule has 0 radical (unpaired) electrons. The van der Waals surface area contributed by atoms with Crippen molar-refractivity contribution in [1.29, 1.82) is 0 Å². The van der Waals surface area contributed by atoms with Crippen molar-refractivity contribution in [1.82, 2.24) is 10.2 Å². The summed E-state index contributed by atoms with van der Waals surface area (Å²) in [7, 11) is -1.50. The largest absolute Gasteiger partial charge is 0.493 e. The molecule has 0 spiro atoms. The van der Waals surface area contributed by atoms with E-state index in [1.807, 2.05) is 6.92 Å². The van der Waals surface area contributed by atoms with Crippen LogP contribution in [0.4, 0.5) is 5.69 Å². The van der Waals surface area contributed by atoms with Crippen LogP contribution < -0.4 is 19.1 Å². The molecule has 13 heteroatoms. The first kappa shape index (κ1) is 35.7. The van der Waals surface area contributed by atoms with Crippen molar-refractivity contribution in [3.63, 3.8) is 0 Å². The maximum atomic E-state index is 14.4. The van der Waals surface area contributed by atoms with Gasteiger partial charge in [-0.05, 0) is 73.4 Å². The zero-order chi connectivity index (χ0) is 33.4. The fraction of sp³-hybridized carbons (Fsp3) is 0.394. The van der Waals surface area contributed by atoms with Crippen LogP contribution in [0.15, 0.2) is 65.6 Å². The molecular weight excluding hydrogens is 673 g/mol. The first-order valence-electron chi connectivity index (χ1n) is 15.0. The molecule has 0 saturated heterocycles. The van der Waals surface area contributed by atoms with Gasteiger partial charge in [-0.1, -0.05) is 67.1 Å². The number of carbonyl (C=O) groups is 2. The number of hydrogen-bond acceptors (Lipinski definition) is 6. The summed E-state index contributed by atoms with van der Waals surface area (Å²) in [6.07, 6.45) is 5.22. The van der Waals surface area contributed by atoms with Gasteiger partial charge in [0.05, 0.1) is 34.8 Å². The van der Waals surface area contributed by atoms with Gasteiger partial charge < -0.3 is 19.7 Å². The zero-order valence-electron chi connectivity index (χ0n) is 26.0. The van der Waals surface area contributed by atoms with Gasteiger partial charge in [0, 0.05) is 23.7 Å². The molecule has 1 N–H and O–H groups in total. The van der Waals surface area contributed by atoms with Gasteiger partial charge in [-0.2, -0.15) is 0 Å². The van der Waals surface area contributed by atoms with Crippen LogP contribution in [0.25, 0.3) is 0 Å². The van der Waals surface area contributed by atoms with Gasteiger partial charge in [-0.3, -0.25) is 13.9 Å². The van der Waals surface area contributed by atoms with E-state index in [1.54, 1.807) is 30.3 Å². The number of halogens is 3. The standard InChI is InChI=1S/C33H38Cl3N3O6S/c1-4-29(33(41)37-24-8-6-5-7-9-24)38(20-22-10-16-27(35)28(36)18-22)32(40)21-39(25-13-11-23(34)12-14-25)46(42,43)26-15-17-30(44-2)31(19-26)45-3/h10-19,24,29H,4-9,20-21H2,1-3H3,(H,37,41)/t29-/m0/s1. The Balaban J connectivity index is 1.74. The second-order valence-electron chi connectivity index (χ2n) is 11.0. The van der Waals surface area contributed by atoms with Crippen LogP contribution in [0, 0.1) is 0 Å². The van der Waals surface area contributed by atoms with Crippen molar-refractivity contribution >= 4 is 62.3 Å². The summed E-state index contributed by atoms with van der Waals surface area (Å²) in [5.74, 6) is -0.324. The quantitative estimate of drug-likeness (QED) is 0.203. The van der Waals surface area contributed by atoms with Crippen LogP contribution in [0.5, 0.6) is 11.5 Å². The van der Waals surface area contributed by atoms with E-state index >= 15 is 0 Å². The van der Waals surface area contributed by atoms with Crippen LogP contribution in [-0.4, -0.2) is 58.0 Å². The van der Waals surface area contributed by atoms with Gasteiger partial charge in [0.15, 0.2) is 11.5 Å². The average molecular weight is 711 g/mol. The third-order valence-corrected chi connectivity index (χ3v) is 10.8. The molecule has 1 atom stereocenters. The maximum absolute atomic E-state index is 14.4. The van der Waals surface area contributed by atoms with Crippen molar-refractivity contribution in [3.8, 4) is 11.5 Å². The highest BCUT2D eigenvalue weighted by Crippen LogP contribution is 2.33. The minimum Gasteiger partial charge on any atom is -0.493 e. The Morgan fingerprint density at radius 1 is 0.891 bits per heavy atom. The molecule has 4 rings (SSSR count). The number of benzene rings is 3. The Morgan fingerprint density at radius 2 is 1.57 bits per heavy atom. The highest BCUT2D eigenvalue weighted by molar-refractivity contribution is 7.92. The van der Waals surface area contributed by atoms with E-state index in [0.29, 0.717) is 32.8 Å². The molecule has 248 valence electrons. The van der Waals surface area contributed by atoms with Gasteiger partial charge in [0.1, 0.15) is 12.6 Å². The summed E-state index contributed by atoms with van der Waals surface area (Å²) in [6.45, 7) is 1.21. The average Bonchev–Trinajstić information content (AvgIpc) is 3.05. The molecule has 1 aliphatic rings. The van der Waals surface area contributed by atoms with E-state index in [0.717, 1.165) is 36.4 Å². The third-order valence-electron chi connectivity index (χ3n) is 8.01. The number of rotatable bonds is 13. The van der Waals surface area contributed by atoms with E-state index in [-0.39, 0.29) is 34.8 Å². The normalized spacial score (nSPS) is 14.3. The van der Waals surface area contributed by atoms with Crippen LogP contribution in [0.2, 0.25) is 15.1 Å². The molecule has 3 aromatic rings. The zero-order valence-corrected chi connectivity index (χ0v) is 29.1. The Kier molecular flexibility index (Phi) is 12.5. The van der Waals surface area contributed by atoms with Crippen molar-refractivity contribution in [3.05, 3.63) is 81.3 Å². The molecule has 46 heavy (non-hydrogen) atoms. The maximum Gasteiger partial charge on any atom is 0.264 e. The fourth-order valence-electron chi connectivity index (χ4n) is 5.54. The number of amides is 2. The minimum atomic E-state index is -4.35. The van der Waals surface area contributed by atoms with E-state index < -0.39 is 28.5 Å². The molecule has 1 fully saturated rings. The third kappa shape index (κ3) is 8.59. The van der Waals surface area contributed by atoms with Gasteiger partial charge in [0.25, 0.3) is 10.0 Å². The Hall–Kier alpha value is -3.18. The highest BCUT2D eigenvalue weighted by atomic mass is 35.5.